The number of nitrogens with one attached hydrogen (secondary N) is 1. The fourth-order valence-electron chi connectivity index (χ4n) is 4.23. The molecule has 29 heavy (non-hydrogen) atoms. The van der Waals surface area contributed by atoms with E-state index >= 15 is 0 Å². The second kappa shape index (κ2) is 7.35. The summed E-state index contributed by atoms with van der Waals surface area (Å²) in [5, 5.41) is 0. The molecule has 0 radical (unpaired) electrons. The molecule has 0 bridgehead atoms. The molecule has 1 aromatic carbocycles. The lowest BCUT2D eigenvalue weighted by molar-refractivity contribution is 0.727. The summed E-state index contributed by atoms with van der Waals surface area (Å²) in [5.74, 6) is 2.93. The van der Waals surface area contributed by atoms with Crippen molar-refractivity contribution in [3.63, 3.8) is 0 Å². The quantitative estimate of drug-likeness (QED) is 0.551. The molecule has 1 aliphatic heterocycles. The van der Waals surface area contributed by atoms with Gasteiger partial charge in [-0.1, -0.05) is 19.1 Å². The zero-order valence-electron chi connectivity index (χ0n) is 17.0. The molecule has 148 valence electrons. The first-order chi connectivity index (χ1) is 14.2. The lowest BCUT2D eigenvalue weighted by Gasteiger charge is -2.22. The monoisotopic (exact) mass is 386 g/mol. The molecule has 1 unspecified atom stereocenters. The van der Waals surface area contributed by atoms with Crippen molar-refractivity contribution in [2.45, 2.75) is 45.7 Å². The van der Waals surface area contributed by atoms with E-state index in [2.05, 4.69) is 63.6 Å². The van der Waals surface area contributed by atoms with Gasteiger partial charge in [-0.25, -0.2) is 15.0 Å². The van der Waals surface area contributed by atoms with Gasteiger partial charge >= 0.3 is 0 Å². The second-order valence-electron chi connectivity index (χ2n) is 7.81. The lowest BCUT2D eigenvalue weighted by Crippen LogP contribution is -2.26. The van der Waals surface area contributed by atoms with E-state index in [0.29, 0.717) is 12.6 Å². The van der Waals surface area contributed by atoms with Crippen LogP contribution in [0.15, 0.2) is 48.8 Å². The molecule has 5 rings (SSSR count). The molecule has 4 aromatic rings. The van der Waals surface area contributed by atoms with Gasteiger partial charge in [0, 0.05) is 36.2 Å². The van der Waals surface area contributed by atoms with Crippen LogP contribution < -0.4 is 4.90 Å². The summed E-state index contributed by atoms with van der Waals surface area (Å²) in [4.78, 5) is 20.0. The van der Waals surface area contributed by atoms with Gasteiger partial charge in [0.15, 0.2) is 0 Å². The third-order valence-electron chi connectivity index (χ3n) is 5.88. The molecule has 0 spiro atoms. The summed E-state index contributed by atoms with van der Waals surface area (Å²) in [6.45, 7) is 6.14. The van der Waals surface area contributed by atoms with Gasteiger partial charge in [0.05, 0.1) is 17.6 Å². The number of aromatic nitrogens is 5. The highest BCUT2D eigenvalue weighted by Crippen LogP contribution is 2.28. The van der Waals surface area contributed by atoms with Gasteiger partial charge in [0.25, 0.3) is 0 Å². The molecule has 6 heteroatoms. The number of fused-ring (bicyclic) bond motifs is 1. The maximum atomic E-state index is 4.92. The van der Waals surface area contributed by atoms with Crippen LogP contribution in [0.5, 0.6) is 0 Å². The van der Waals surface area contributed by atoms with E-state index in [0.717, 1.165) is 52.7 Å². The van der Waals surface area contributed by atoms with E-state index in [9.17, 15) is 0 Å². The van der Waals surface area contributed by atoms with Crippen LogP contribution in [0.25, 0.3) is 22.4 Å². The maximum absolute atomic E-state index is 4.92. The third kappa shape index (κ3) is 3.28. The molecule has 4 heterocycles. The zero-order chi connectivity index (χ0) is 19.8. The van der Waals surface area contributed by atoms with Crippen LogP contribution in [0.3, 0.4) is 0 Å². The Labute approximate surface area is 170 Å². The van der Waals surface area contributed by atoms with E-state index in [4.69, 9.17) is 9.97 Å². The molecular weight excluding hydrogens is 360 g/mol. The predicted molar refractivity (Wildman–Crippen MR) is 116 cm³/mol. The van der Waals surface area contributed by atoms with Crippen LogP contribution in [-0.4, -0.2) is 37.1 Å². The van der Waals surface area contributed by atoms with Crippen molar-refractivity contribution in [1.29, 1.82) is 0 Å². The largest absolute Gasteiger partial charge is 0.354 e. The topological polar surface area (TPSA) is 62.6 Å². The molecule has 1 aliphatic rings. The Kier molecular flexibility index (Phi) is 4.54. The Balaban J connectivity index is 1.53. The molecule has 0 amide bonds. The number of H-pyrrole nitrogens is 1. The van der Waals surface area contributed by atoms with Gasteiger partial charge in [0.2, 0.25) is 0 Å². The van der Waals surface area contributed by atoms with Gasteiger partial charge in [-0.05, 0) is 50.5 Å². The van der Waals surface area contributed by atoms with Crippen molar-refractivity contribution in [3.8, 4) is 11.4 Å². The standard InChI is InChI=1S/C23H26N6/c1-3-18-14-24-21(26-18)15-29-20-9-5-4-8-19(20)27-23(29)17-10-11-22(25-13-17)28-12-6-7-16(28)2/h4-5,8-11,13-14,16H,3,6-7,12,15H2,1-2H3,(H,24,26). The summed E-state index contributed by atoms with van der Waals surface area (Å²) >= 11 is 0. The van der Waals surface area contributed by atoms with Crippen LogP contribution in [-0.2, 0) is 13.0 Å². The summed E-state index contributed by atoms with van der Waals surface area (Å²) in [5.41, 5.74) is 4.27. The lowest BCUT2D eigenvalue weighted by atomic mass is 10.2. The van der Waals surface area contributed by atoms with Crippen molar-refractivity contribution in [1.82, 2.24) is 24.5 Å². The number of rotatable bonds is 5. The number of aromatic amines is 1. The number of hydrogen-bond acceptors (Lipinski definition) is 4. The minimum atomic E-state index is 0.560. The van der Waals surface area contributed by atoms with Gasteiger partial charge < -0.3 is 14.5 Å². The Bertz CT molecular complexity index is 1120. The van der Waals surface area contributed by atoms with Crippen LogP contribution in [0, 0.1) is 0 Å². The summed E-state index contributed by atoms with van der Waals surface area (Å²) < 4.78 is 2.22. The van der Waals surface area contributed by atoms with Crippen LogP contribution in [0.1, 0.15) is 38.2 Å². The SMILES string of the molecule is CCc1cnc(Cn2c(-c3ccc(N4CCCC4C)nc3)nc3ccccc32)[nH]1. The first-order valence-electron chi connectivity index (χ1n) is 10.4. The summed E-state index contributed by atoms with van der Waals surface area (Å²) in [7, 11) is 0. The molecule has 1 fully saturated rings. The average Bonchev–Trinajstić information content (AvgIpc) is 3.47. The zero-order valence-corrected chi connectivity index (χ0v) is 17.0. The smallest absolute Gasteiger partial charge is 0.143 e. The van der Waals surface area contributed by atoms with Crippen molar-refractivity contribution >= 4 is 16.9 Å². The van der Waals surface area contributed by atoms with E-state index in [1.54, 1.807) is 0 Å². The van der Waals surface area contributed by atoms with Crippen molar-refractivity contribution in [2.24, 2.45) is 0 Å². The summed E-state index contributed by atoms with van der Waals surface area (Å²) in [6, 6.07) is 13.1. The van der Waals surface area contributed by atoms with E-state index in [1.165, 1.54) is 12.8 Å². The van der Waals surface area contributed by atoms with Gasteiger partial charge in [-0.3, -0.25) is 0 Å². The average molecular weight is 387 g/mol. The van der Waals surface area contributed by atoms with Crippen LogP contribution >= 0.6 is 0 Å². The molecule has 0 aliphatic carbocycles. The van der Waals surface area contributed by atoms with E-state index in [-0.39, 0.29) is 0 Å². The molecule has 6 nitrogen and oxygen atoms in total. The predicted octanol–water partition coefficient (Wildman–Crippen LogP) is 4.42. The Hall–Kier alpha value is -3.15. The number of benzene rings is 1. The number of nitrogens with zero attached hydrogens (tertiary/aromatic N) is 5. The molecule has 1 atom stereocenters. The van der Waals surface area contributed by atoms with Gasteiger partial charge in [-0.2, -0.15) is 0 Å². The highest BCUT2D eigenvalue weighted by molar-refractivity contribution is 5.80. The van der Waals surface area contributed by atoms with Gasteiger partial charge in [-0.15, -0.1) is 0 Å². The second-order valence-corrected chi connectivity index (χ2v) is 7.81. The first kappa shape index (κ1) is 17.9. The molecular formula is C23H26N6. The summed E-state index contributed by atoms with van der Waals surface area (Å²) in [6.07, 6.45) is 7.30. The molecule has 0 saturated carbocycles. The Morgan fingerprint density at radius 1 is 1.10 bits per heavy atom. The third-order valence-corrected chi connectivity index (χ3v) is 5.88. The van der Waals surface area contributed by atoms with E-state index < -0.39 is 0 Å². The highest BCUT2D eigenvalue weighted by Gasteiger charge is 2.22. The fourth-order valence-corrected chi connectivity index (χ4v) is 4.23. The Morgan fingerprint density at radius 3 is 2.72 bits per heavy atom. The van der Waals surface area contributed by atoms with Crippen molar-refractivity contribution in [3.05, 3.63) is 60.3 Å². The number of aryl methyl sites for hydroxylation is 1. The number of anilines is 1. The van der Waals surface area contributed by atoms with E-state index in [1.807, 2.05) is 18.5 Å². The maximum Gasteiger partial charge on any atom is 0.143 e. The fraction of sp³-hybridized carbons (Fsp3) is 0.348. The normalized spacial score (nSPS) is 16.8. The number of pyridine rings is 1. The van der Waals surface area contributed by atoms with Crippen molar-refractivity contribution in [2.75, 3.05) is 11.4 Å². The number of para-hydroxylation sites is 2. The highest BCUT2D eigenvalue weighted by atomic mass is 15.2. The first-order valence-corrected chi connectivity index (χ1v) is 10.4. The van der Waals surface area contributed by atoms with Crippen LogP contribution in [0.2, 0.25) is 0 Å². The minimum absolute atomic E-state index is 0.560. The Morgan fingerprint density at radius 2 is 2.00 bits per heavy atom. The minimum Gasteiger partial charge on any atom is -0.354 e. The van der Waals surface area contributed by atoms with Crippen LogP contribution in [0.4, 0.5) is 5.82 Å². The molecule has 1 saturated heterocycles. The van der Waals surface area contributed by atoms with Gasteiger partial charge in [0.1, 0.15) is 17.5 Å². The van der Waals surface area contributed by atoms with Crippen molar-refractivity contribution < 1.29 is 0 Å². The molecule has 1 N–H and O–H groups in total. The number of imidazole rings is 2. The number of hydrogen-bond donors (Lipinski definition) is 1. The molecule has 3 aromatic heterocycles.